The third kappa shape index (κ3) is 24.2. The summed E-state index contributed by atoms with van der Waals surface area (Å²) in [5.41, 5.74) is 19.4. The van der Waals surface area contributed by atoms with Gasteiger partial charge in [0.1, 0.15) is 40.0 Å². The van der Waals surface area contributed by atoms with E-state index in [1.54, 1.807) is 27.3 Å². The second-order valence-corrected chi connectivity index (χ2v) is 38.5. The molecule has 26 heteroatoms. The molecule has 0 radical (unpaired) electrons. The summed E-state index contributed by atoms with van der Waals surface area (Å²) in [4.78, 5) is 58.7. The van der Waals surface area contributed by atoms with Gasteiger partial charge in [0.25, 0.3) is 23.6 Å². The number of ether oxygens (including phenoxy) is 3. The van der Waals surface area contributed by atoms with Crippen molar-refractivity contribution in [3.63, 3.8) is 0 Å². The molecule has 18 nitrogen and oxygen atoms in total. The molecule has 3 saturated carbocycles. The van der Waals surface area contributed by atoms with Crippen molar-refractivity contribution in [2.24, 2.45) is 0 Å². The highest BCUT2D eigenvalue weighted by Crippen LogP contribution is 2.43. The van der Waals surface area contributed by atoms with Gasteiger partial charge in [0.15, 0.2) is 58.0 Å². The van der Waals surface area contributed by atoms with Crippen molar-refractivity contribution < 1.29 is 78.7 Å². The topological polar surface area (TPSA) is 215 Å². The van der Waals surface area contributed by atoms with E-state index in [1.165, 1.54) is 56.1 Å². The number of nitrogens with zero attached hydrogens (tertiary/aromatic N) is 5. The van der Waals surface area contributed by atoms with Gasteiger partial charge >= 0.3 is 0 Å². The fraction of sp³-hybridized carbons (Fsp3) is 0.297. The van der Waals surface area contributed by atoms with E-state index in [4.69, 9.17) is 14.2 Å². The van der Waals surface area contributed by atoms with Crippen LogP contribution in [0.25, 0.3) is 22.1 Å². The largest absolute Gasteiger partial charge is 0.506 e. The third-order valence-electron chi connectivity index (χ3n) is 26.8. The normalized spacial score (nSPS) is 13.4. The van der Waals surface area contributed by atoms with Crippen LogP contribution in [0.15, 0.2) is 255 Å². The lowest BCUT2D eigenvalue weighted by Gasteiger charge is -2.15. The molecular formula is C118H119F8N9O9. The molecule has 0 bridgehead atoms. The molecule has 0 spiro atoms. The number of amides is 4. The Hall–Kier alpha value is -15.0. The number of hydrogen-bond acceptors (Lipinski definition) is 10. The predicted molar refractivity (Wildman–Crippen MR) is 543 cm³/mol. The van der Waals surface area contributed by atoms with E-state index >= 15 is 0 Å². The van der Waals surface area contributed by atoms with Crippen molar-refractivity contribution in [2.75, 3.05) is 0 Å². The molecule has 0 unspecified atom stereocenters. The number of fused-ring (bicyclic) bond motifs is 4. The maximum Gasteiger partial charge on any atom is 0.268 e. The number of nitrogens with one attached hydrogen (secondary N) is 4. The molecular weight excluding hydrogens is 1840 g/mol. The van der Waals surface area contributed by atoms with Crippen LogP contribution in [0.4, 0.5) is 35.1 Å². The van der Waals surface area contributed by atoms with Crippen LogP contribution in [0.2, 0.25) is 0 Å². The average Bonchev–Trinajstić information content (AvgIpc) is 1.65. The van der Waals surface area contributed by atoms with E-state index in [0.717, 1.165) is 200 Å². The van der Waals surface area contributed by atoms with Gasteiger partial charge in [-0.25, -0.2) is 35.1 Å². The number of pyridine rings is 5. The van der Waals surface area contributed by atoms with E-state index in [2.05, 4.69) is 72.1 Å². The molecule has 4 amide bonds. The first-order chi connectivity index (χ1) is 69.5. The van der Waals surface area contributed by atoms with Crippen LogP contribution in [0, 0.1) is 46.5 Å². The van der Waals surface area contributed by atoms with Gasteiger partial charge in [-0.05, 0) is 294 Å². The summed E-state index contributed by atoms with van der Waals surface area (Å²) in [6.45, 7) is 16.7. The van der Waals surface area contributed by atoms with E-state index in [-0.39, 0.29) is 103 Å². The number of carbonyl (C=O) groups excluding carboxylic acids is 4. The fourth-order valence-electron chi connectivity index (χ4n) is 20.0. The van der Waals surface area contributed by atoms with Gasteiger partial charge in [-0.15, -0.1) is 0 Å². The van der Waals surface area contributed by atoms with E-state index in [9.17, 15) is 64.5 Å². The van der Waals surface area contributed by atoms with Crippen LogP contribution in [0.5, 0.6) is 28.7 Å². The van der Waals surface area contributed by atoms with E-state index in [1.807, 2.05) is 176 Å². The zero-order chi connectivity index (χ0) is 102. The highest BCUT2D eigenvalue weighted by molar-refractivity contribution is 6.00. The molecule has 7 aromatic carbocycles. The summed E-state index contributed by atoms with van der Waals surface area (Å²) in [5, 5.41) is 32.5. The van der Waals surface area contributed by atoms with Gasteiger partial charge < -0.3 is 63.3 Å². The van der Waals surface area contributed by atoms with Crippen molar-refractivity contribution in [1.82, 2.24) is 43.9 Å². The summed E-state index contributed by atoms with van der Waals surface area (Å²) < 4.78 is 134. The molecule has 6 N–H and O–H groups in total. The van der Waals surface area contributed by atoms with Crippen molar-refractivity contribution in [3.8, 4) is 28.7 Å². The van der Waals surface area contributed by atoms with Crippen molar-refractivity contribution >= 4 is 45.7 Å². The minimum atomic E-state index is -0.961. The first-order valence-electron chi connectivity index (χ1n) is 49.5. The van der Waals surface area contributed by atoms with E-state index < -0.39 is 46.5 Å². The van der Waals surface area contributed by atoms with Gasteiger partial charge in [0, 0.05) is 73.9 Å². The van der Waals surface area contributed by atoms with E-state index in [0.29, 0.717) is 76.5 Å². The van der Waals surface area contributed by atoms with Crippen molar-refractivity contribution in [1.29, 1.82) is 0 Å². The lowest BCUT2D eigenvalue weighted by atomic mass is 9.93. The quantitative estimate of drug-likeness (QED) is 0.0234. The SMILES string of the molecule is CC(C)c1c(Cc2ccccc2)c2cc(OC3CCCC3)c(O)cn2c1C(=O)NCc1ccc(F)c(F)c1.CC(C)c1c(Cc2ccccc2)c2cc(OC3CCCC3)ccn2c1C(=O)NCc1ccc(F)c(F)c1.CC(C)c1c(Cc2ccccc2)c2ccc(O)cn2c1C(=O)NCc1ccc(F)c(F)c1.CC(C)c1c(Cc2ccccn2)c2ccc(OC3CCCC3)cn2c1C(=O)NCc1ccc(F)c(F)c1. The Labute approximate surface area is 832 Å². The van der Waals surface area contributed by atoms with Crippen LogP contribution in [-0.2, 0) is 51.9 Å². The highest BCUT2D eigenvalue weighted by Gasteiger charge is 2.34. The van der Waals surface area contributed by atoms with Gasteiger partial charge in [0.2, 0.25) is 0 Å². The molecule has 0 atom stereocenters. The Balaban J connectivity index is 0.000000138. The molecule has 3 aliphatic rings. The van der Waals surface area contributed by atoms with Gasteiger partial charge in [-0.2, -0.15) is 0 Å². The maximum atomic E-state index is 13.7. The molecule has 0 saturated heterocycles. The second-order valence-electron chi connectivity index (χ2n) is 38.5. The van der Waals surface area contributed by atoms with Crippen LogP contribution < -0.4 is 35.5 Å². The smallest absolute Gasteiger partial charge is 0.268 e. The molecule has 3 fully saturated rings. The molecule has 144 heavy (non-hydrogen) atoms. The van der Waals surface area contributed by atoms with Crippen LogP contribution in [0.1, 0.15) is 287 Å². The number of hydrogen-bond donors (Lipinski definition) is 6. The number of benzene rings is 7. The summed E-state index contributed by atoms with van der Waals surface area (Å²) in [6.07, 6.45) is 24.7. The summed E-state index contributed by atoms with van der Waals surface area (Å²) >= 11 is 0. The number of carbonyl (C=O) groups is 4. The first-order valence-corrected chi connectivity index (χ1v) is 49.5. The second kappa shape index (κ2) is 46.4. The summed E-state index contributed by atoms with van der Waals surface area (Å²) in [6, 6.07) is 63.7. The van der Waals surface area contributed by atoms with Crippen molar-refractivity contribution in [3.05, 3.63) is 414 Å². The van der Waals surface area contributed by atoms with Crippen LogP contribution in [-0.4, -0.2) is 74.7 Å². The van der Waals surface area contributed by atoms with Gasteiger partial charge in [0.05, 0.1) is 47.9 Å². The lowest BCUT2D eigenvalue weighted by molar-refractivity contribution is 0.0935. The standard InChI is InChI=1S/C31H32F2N2O3.C31H32F2N2O2.C30H31F2N3O2.C26H24F2N2O2/c1-19(2)29-23(14-20-8-4-3-5-9-20)26-16-28(38-22-10-6-7-11-22)27(36)18-35(26)30(29)31(37)34-17-21-12-13-24(32)25(33)15-21;1-20(2)29-25(16-21-8-4-3-5-9-21)28-18-24(37-23-10-6-7-11-23)14-15-35(28)30(29)31(36)34-19-22-12-13-26(32)27(33)17-22;1-19(2)28-24(16-21-7-5-6-14-33-21)27-13-11-23(37-22-8-3-4-9-22)18-35(27)29(28)30(36)34-17-20-10-12-25(31)26(32)15-20;1-16(2)24-20(12-17-6-4-3-5-7-17)23-11-9-19(31)15-30(23)25(24)26(32)29-14-18-8-10-21(27)22(28)13-18/h3-5,8-9,12-13,15-16,18-19,22,36H,6-7,10-11,14,17H2,1-2H3,(H,34,37);3-5,8-9,12-15,17-18,20,23H,6-7,10-11,16,19H2,1-2H3,(H,34,36);5-7,10-15,18-19,22H,3-4,8-9,16-17H2,1-2H3,(H,34,36);3-11,13,15-16,31H,12,14H2,1-2H3,(H,29,32). The Morgan fingerprint density at radius 2 is 0.660 bits per heavy atom. The number of aromatic nitrogens is 5. The average molecular weight is 1960 g/mol. The maximum absolute atomic E-state index is 13.7. The third-order valence-corrected chi connectivity index (χ3v) is 26.8. The Morgan fingerprint density at radius 3 is 1.03 bits per heavy atom. The highest BCUT2D eigenvalue weighted by atomic mass is 19.2. The minimum Gasteiger partial charge on any atom is -0.506 e. The van der Waals surface area contributed by atoms with Crippen molar-refractivity contribution in [2.45, 2.75) is 226 Å². The first kappa shape index (κ1) is 102. The summed E-state index contributed by atoms with van der Waals surface area (Å²) in [7, 11) is 0. The number of halogens is 8. The number of rotatable bonds is 30. The molecule has 3 aliphatic carbocycles. The predicted octanol–water partition coefficient (Wildman–Crippen LogP) is 26.2. The monoisotopic (exact) mass is 1960 g/mol. The molecule has 19 rings (SSSR count). The zero-order valence-corrected chi connectivity index (χ0v) is 81.9. The minimum absolute atomic E-state index is 0.000953. The molecule has 9 aromatic heterocycles. The molecule has 746 valence electrons. The Bertz CT molecular complexity index is 7260. The van der Waals surface area contributed by atoms with Crippen LogP contribution >= 0.6 is 0 Å². The lowest BCUT2D eigenvalue weighted by Crippen LogP contribution is -2.25. The zero-order valence-electron chi connectivity index (χ0n) is 81.9. The fourth-order valence-corrected chi connectivity index (χ4v) is 20.0. The van der Waals surface area contributed by atoms with Gasteiger partial charge in [-0.3, -0.25) is 24.2 Å². The number of aromatic hydroxyl groups is 2. The van der Waals surface area contributed by atoms with Crippen LogP contribution in [0.3, 0.4) is 0 Å². The molecule has 16 aromatic rings. The summed E-state index contributed by atoms with van der Waals surface area (Å²) in [5.74, 6) is -6.56. The van der Waals surface area contributed by atoms with Gasteiger partial charge in [-0.1, -0.05) is 177 Å². The molecule has 9 heterocycles. The Kier molecular flexibility index (Phi) is 32.9. The molecule has 0 aliphatic heterocycles. The Morgan fingerprint density at radius 1 is 0.326 bits per heavy atom.